The first-order valence-electron chi connectivity index (χ1n) is 6.93. The summed E-state index contributed by atoms with van der Waals surface area (Å²) >= 11 is 1.52. The van der Waals surface area contributed by atoms with E-state index in [9.17, 15) is 4.79 Å². The van der Waals surface area contributed by atoms with Gasteiger partial charge in [0.15, 0.2) is 5.13 Å². The van der Waals surface area contributed by atoms with Gasteiger partial charge in [0.25, 0.3) is 5.56 Å². The molecule has 2 aromatic rings. The van der Waals surface area contributed by atoms with Gasteiger partial charge < -0.3 is 9.88 Å². The van der Waals surface area contributed by atoms with Gasteiger partial charge >= 0.3 is 0 Å². The number of hydrogen-bond acceptors (Lipinski definition) is 4. The average molecular weight is 291 g/mol. The average Bonchev–Trinajstić information content (AvgIpc) is 2.87. The lowest BCUT2D eigenvalue weighted by Crippen LogP contribution is -2.25. The van der Waals surface area contributed by atoms with Crippen LogP contribution in [0.15, 0.2) is 16.2 Å². The monoisotopic (exact) mass is 291 g/mol. The molecule has 0 atom stereocenters. The third-order valence-electron chi connectivity index (χ3n) is 3.41. The van der Waals surface area contributed by atoms with Gasteiger partial charge in [0.05, 0.1) is 11.3 Å². The molecule has 108 valence electrons. The summed E-state index contributed by atoms with van der Waals surface area (Å²) in [4.78, 5) is 17.2. The molecule has 0 amide bonds. The number of thiazole rings is 1. The Morgan fingerprint density at radius 1 is 1.40 bits per heavy atom. The van der Waals surface area contributed by atoms with Crippen LogP contribution in [0, 0.1) is 13.8 Å². The van der Waals surface area contributed by atoms with Crippen LogP contribution in [0.5, 0.6) is 0 Å². The second-order valence-corrected chi connectivity index (χ2v) is 5.80. The minimum absolute atomic E-state index is 0.0731. The van der Waals surface area contributed by atoms with E-state index < -0.39 is 0 Å². The van der Waals surface area contributed by atoms with Crippen LogP contribution in [-0.2, 0) is 6.54 Å². The summed E-state index contributed by atoms with van der Waals surface area (Å²) in [5, 5.41) is 5.79. The van der Waals surface area contributed by atoms with Crippen molar-refractivity contribution in [3.8, 4) is 11.3 Å². The van der Waals surface area contributed by atoms with Crippen LogP contribution in [0.4, 0.5) is 5.13 Å². The molecule has 0 radical (unpaired) electrons. The van der Waals surface area contributed by atoms with Crippen LogP contribution in [0.25, 0.3) is 11.3 Å². The number of aromatic nitrogens is 2. The number of unbranched alkanes of at least 4 members (excludes halogenated alkanes) is 1. The molecule has 0 aromatic carbocycles. The van der Waals surface area contributed by atoms with Gasteiger partial charge in [-0.05, 0) is 31.9 Å². The zero-order valence-corrected chi connectivity index (χ0v) is 13.3. The molecule has 0 unspecified atom stereocenters. The van der Waals surface area contributed by atoms with Crippen molar-refractivity contribution in [2.75, 3.05) is 12.4 Å². The third-order valence-corrected chi connectivity index (χ3v) is 4.27. The van der Waals surface area contributed by atoms with E-state index in [1.54, 1.807) is 0 Å². The van der Waals surface area contributed by atoms with E-state index in [2.05, 4.69) is 23.3 Å². The van der Waals surface area contributed by atoms with Crippen molar-refractivity contribution in [3.05, 3.63) is 33.1 Å². The van der Waals surface area contributed by atoms with Crippen LogP contribution in [0.1, 0.15) is 31.0 Å². The minimum Gasteiger partial charge on any atom is -0.365 e. The molecular weight excluding hydrogens is 270 g/mol. The lowest BCUT2D eigenvalue weighted by Gasteiger charge is -2.13. The Balaban J connectivity index is 2.55. The third kappa shape index (κ3) is 2.77. The first kappa shape index (κ1) is 14.8. The standard InChI is InChI=1S/C15H21N3OS/c1-5-6-7-18-11(3)8-10(2)13(14(18)19)12-9-20-15(16-4)17-12/h8-9H,5-7H2,1-4H3,(H,16,17). The summed E-state index contributed by atoms with van der Waals surface area (Å²) in [6.07, 6.45) is 2.10. The maximum Gasteiger partial charge on any atom is 0.260 e. The SMILES string of the molecule is CCCCn1c(C)cc(C)c(-c2csc(NC)n2)c1=O. The van der Waals surface area contributed by atoms with E-state index in [1.165, 1.54) is 11.3 Å². The first-order chi connectivity index (χ1) is 9.58. The normalized spacial score (nSPS) is 10.8. The molecule has 0 fully saturated rings. The zero-order chi connectivity index (χ0) is 14.7. The van der Waals surface area contributed by atoms with Crippen LogP contribution in [0.3, 0.4) is 0 Å². The summed E-state index contributed by atoms with van der Waals surface area (Å²) in [6.45, 7) is 6.88. The molecule has 20 heavy (non-hydrogen) atoms. The largest absolute Gasteiger partial charge is 0.365 e. The fourth-order valence-electron chi connectivity index (χ4n) is 2.34. The van der Waals surface area contributed by atoms with Crippen molar-refractivity contribution < 1.29 is 0 Å². The number of rotatable bonds is 5. The Hall–Kier alpha value is -1.62. The molecular formula is C15H21N3OS. The molecule has 2 aromatic heterocycles. The van der Waals surface area contributed by atoms with Crippen LogP contribution < -0.4 is 10.9 Å². The Kier molecular flexibility index (Phi) is 4.60. The number of nitrogens with one attached hydrogen (secondary N) is 1. The molecule has 4 nitrogen and oxygen atoms in total. The van der Waals surface area contributed by atoms with Crippen molar-refractivity contribution in [1.82, 2.24) is 9.55 Å². The van der Waals surface area contributed by atoms with Crippen molar-refractivity contribution in [2.24, 2.45) is 0 Å². The summed E-state index contributed by atoms with van der Waals surface area (Å²) in [5.41, 5.74) is 3.59. The fourth-order valence-corrected chi connectivity index (χ4v) is 3.00. The van der Waals surface area contributed by atoms with E-state index in [0.717, 1.165) is 47.0 Å². The van der Waals surface area contributed by atoms with Crippen molar-refractivity contribution in [3.63, 3.8) is 0 Å². The molecule has 2 heterocycles. The van der Waals surface area contributed by atoms with E-state index in [4.69, 9.17) is 0 Å². The molecule has 0 aliphatic rings. The number of pyridine rings is 1. The molecule has 0 bridgehead atoms. The highest BCUT2D eigenvalue weighted by atomic mass is 32.1. The van der Waals surface area contributed by atoms with Gasteiger partial charge in [-0.25, -0.2) is 4.98 Å². The minimum atomic E-state index is 0.0731. The van der Waals surface area contributed by atoms with E-state index in [-0.39, 0.29) is 5.56 Å². The molecule has 0 aliphatic carbocycles. The maximum absolute atomic E-state index is 12.7. The van der Waals surface area contributed by atoms with Gasteiger partial charge in [-0.1, -0.05) is 13.3 Å². The highest BCUT2D eigenvalue weighted by Crippen LogP contribution is 2.25. The molecule has 2 rings (SSSR count). The zero-order valence-electron chi connectivity index (χ0n) is 12.5. The van der Waals surface area contributed by atoms with E-state index in [1.807, 2.05) is 30.8 Å². The Morgan fingerprint density at radius 3 is 2.75 bits per heavy atom. The fraction of sp³-hybridized carbons (Fsp3) is 0.467. The molecule has 0 spiro atoms. The highest BCUT2D eigenvalue weighted by Gasteiger charge is 2.14. The number of hydrogen-bond donors (Lipinski definition) is 1. The van der Waals surface area contributed by atoms with Crippen LogP contribution in [0.2, 0.25) is 0 Å². The number of nitrogens with zero attached hydrogens (tertiary/aromatic N) is 2. The predicted octanol–water partition coefficient (Wildman–Crippen LogP) is 3.43. The quantitative estimate of drug-likeness (QED) is 0.918. The lowest BCUT2D eigenvalue weighted by molar-refractivity contribution is 0.599. The van der Waals surface area contributed by atoms with Crippen molar-refractivity contribution in [1.29, 1.82) is 0 Å². The summed E-state index contributed by atoms with van der Waals surface area (Å²) < 4.78 is 1.87. The van der Waals surface area contributed by atoms with E-state index >= 15 is 0 Å². The predicted molar refractivity (Wildman–Crippen MR) is 85.7 cm³/mol. The molecule has 0 saturated heterocycles. The Bertz CT molecular complexity index is 658. The Morgan fingerprint density at radius 2 is 2.15 bits per heavy atom. The van der Waals surface area contributed by atoms with Gasteiger partial charge in [-0.3, -0.25) is 4.79 Å². The number of anilines is 1. The highest BCUT2D eigenvalue weighted by molar-refractivity contribution is 7.14. The van der Waals surface area contributed by atoms with Gasteiger partial charge in [-0.15, -0.1) is 11.3 Å². The molecule has 0 saturated carbocycles. The smallest absolute Gasteiger partial charge is 0.260 e. The van der Waals surface area contributed by atoms with Gasteiger partial charge in [0.1, 0.15) is 0 Å². The lowest BCUT2D eigenvalue weighted by atomic mass is 10.1. The second-order valence-electron chi connectivity index (χ2n) is 4.94. The first-order valence-corrected chi connectivity index (χ1v) is 7.81. The van der Waals surface area contributed by atoms with Gasteiger partial charge in [0.2, 0.25) is 0 Å². The summed E-state index contributed by atoms with van der Waals surface area (Å²) in [5.74, 6) is 0. The van der Waals surface area contributed by atoms with Crippen molar-refractivity contribution >= 4 is 16.5 Å². The van der Waals surface area contributed by atoms with Crippen LogP contribution >= 0.6 is 11.3 Å². The van der Waals surface area contributed by atoms with Gasteiger partial charge in [0, 0.05) is 24.7 Å². The van der Waals surface area contributed by atoms with Gasteiger partial charge in [-0.2, -0.15) is 0 Å². The topological polar surface area (TPSA) is 46.9 Å². The molecule has 5 heteroatoms. The summed E-state index contributed by atoms with van der Waals surface area (Å²) in [6, 6.07) is 2.07. The van der Waals surface area contributed by atoms with E-state index in [0.29, 0.717) is 0 Å². The molecule has 1 N–H and O–H groups in total. The Labute approximate surface area is 123 Å². The maximum atomic E-state index is 12.7. The second kappa shape index (κ2) is 6.22. The van der Waals surface area contributed by atoms with Crippen LogP contribution in [-0.4, -0.2) is 16.6 Å². The van der Waals surface area contributed by atoms with Crippen molar-refractivity contribution in [2.45, 2.75) is 40.2 Å². The number of aryl methyl sites for hydroxylation is 2. The summed E-state index contributed by atoms with van der Waals surface area (Å²) in [7, 11) is 1.84. The molecule has 0 aliphatic heterocycles.